The van der Waals surface area contributed by atoms with Crippen LogP contribution in [0.15, 0.2) is 17.0 Å². The first-order valence-electron chi connectivity index (χ1n) is 5.52. The highest BCUT2D eigenvalue weighted by Gasteiger charge is 2.32. The topological polar surface area (TPSA) is 101 Å². The number of nitrogens with zero attached hydrogens (tertiary/aromatic N) is 1. The Balaban J connectivity index is 2.56. The Bertz CT molecular complexity index is 644. The Morgan fingerprint density at radius 3 is 2.58 bits per heavy atom. The van der Waals surface area contributed by atoms with Crippen molar-refractivity contribution in [1.82, 2.24) is 4.90 Å². The molecule has 1 aromatic rings. The van der Waals surface area contributed by atoms with Crippen molar-refractivity contribution in [3.05, 3.63) is 22.7 Å². The molecule has 1 aliphatic heterocycles. The second-order valence-corrected chi connectivity index (χ2v) is 6.38. The third-order valence-corrected chi connectivity index (χ3v) is 4.61. The van der Waals surface area contributed by atoms with Crippen molar-refractivity contribution in [2.45, 2.75) is 23.8 Å². The molecule has 2 rings (SSSR count). The van der Waals surface area contributed by atoms with E-state index in [1.165, 1.54) is 11.0 Å². The van der Waals surface area contributed by atoms with E-state index in [1.807, 2.05) is 0 Å². The molecular weight excluding hydrogens is 292 g/mol. The van der Waals surface area contributed by atoms with Gasteiger partial charge in [-0.2, -0.15) is 0 Å². The first-order chi connectivity index (χ1) is 8.71. The zero-order valence-corrected chi connectivity index (χ0v) is 11.7. The van der Waals surface area contributed by atoms with Crippen LogP contribution in [0.1, 0.15) is 24.4 Å². The molecule has 3 N–H and O–H groups in total. The molecular formula is C11H13ClN2O4S. The number of likely N-dealkylation sites (tertiary alicyclic amines) is 1. The quantitative estimate of drug-likeness (QED) is 0.850. The van der Waals surface area contributed by atoms with Gasteiger partial charge in [0, 0.05) is 25.1 Å². The number of amides is 1. The second kappa shape index (κ2) is 4.66. The molecule has 0 saturated carbocycles. The lowest BCUT2D eigenvalue weighted by Crippen LogP contribution is -2.23. The van der Waals surface area contributed by atoms with Crippen molar-refractivity contribution in [1.29, 1.82) is 0 Å². The van der Waals surface area contributed by atoms with Crippen LogP contribution in [0.3, 0.4) is 0 Å². The van der Waals surface area contributed by atoms with E-state index in [0.717, 1.165) is 6.07 Å². The molecule has 1 unspecified atom stereocenters. The van der Waals surface area contributed by atoms with Gasteiger partial charge in [0.25, 0.3) is 0 Å². The zero-order valence-electron chi connectivity index (χ0n) is 10.1. The van der Waals surface area contributed by atoms with Gasteiger partial charge in [0.15, 0.2) is 0 Å². The van der Waals surface area contributed by atoms with Crippen LogP contribution in [0.4, 0.5) is 0 Å². The molecule has 0 bridgehead atoms. The minimum Gasteiger partial charge on any atom is -0.508 e. The van der Waals surface area contributed by atoms with E-state index in [4.69, 9.17) is 16.7 Å². The van der Waals surface area contributed by atoms with Crippen LogP contribution in [-0.2, 0) is 14.8 Å². The molecule has 1 amide bonds. The monoisotopic (exact) mass is 304 g/mol. The lowest BCUT2D eigenvalue weighted by molar-refractivity contribution is -0.127. The van der Waals surface area contributed by atoms with Gasteiger partial charge in [0.05, 0.1) is 11.1 Å². The number of primary sulfonamides is 1. The average molecular weight is 305 g/mol. The number of sulfonamides is 1. The Kier molecular flexibility index (Phi) is 3.46. The number of phenols is 1. The summed E-state index contributed by atoms with van der Waals surface area (Å²) in [5.74, 6) is -0.208. The third kappa shape index (κ3) is 2.54. The number of hydrogen-bond acceptors (Lipinski definition) is 4. The standard InChI is InChI=1S/C11H13ClN2O4S/c1-14-8(2-3-11(14)16)6-4-10(19(13,17)18)7(12)5-9(6)15/h4-5,8,15H,2-3H2,1H3,(H2,13,17,18). The lowest BCUT2D eigenvalue weighted by atomic mass is 10.0. The SMILES string of the molecule is CN1C(=O)CCC1c1cc(S(N)(=O)=O)c(Cl)cc1O. The number of phenolic OH excluding ortho intramolecular Hbond substituents is 1. The molecule has 19 heavy (non-hydrogen) atoms. The van der Waals surface area contributed by atoms with Crippen LogP contribution in [0.5, 0.6) is 5.75 Å². The molecule has 1 fully saturated rings. The fourth-order valence-electron chi connectivity index (χ4n) is 2.21. The average Bonchev–Trinajstić information content (AvgIpc) is 2.59. The summed E-state index contributed by atoms with van der Waals surface area (Å²) in [6.07, 6.45) is 0.864. The molecule has 1 atom stereocenters. The van der Waals surface area contributed by atoms with Crippen LogP contribution < -0.4 is 5.14 Å². The number of carbonyl (C=O) groups is 1. The van der Waals surface area contributed by atoms with Crippen LogP contribution in [0.25, 0.3) is 0 Å². The van der Waals surface area contributed by atoms with Gasteiger partial charge in [-0.05, 0) is 12.5 Å². The Hall–Kier alpha value is -1.31. The normalized spacial score (nSPS) is 20.1. The van der Waals surface area contributed by atoms with Gasteiger partial charge in [-0.3, -0.25) is 4.79 Å². The number of rotatable bonds is 2. The summed E-state index contributed by atoms with van der Waals surface area (Å²) in [5.41, 5.74) is 0.335. The number of carbonyl (C=O) groups excluding carboxylic acids is 1. The van der Waals surface area contributed by atoms with E-state index in [-0.39, 0.29) is 27.6 Å². The van der Waals surface area contributed by atoms with Gasteiger partial charge in [-0.15, -0.1) is 0 Å². The number of halogens is 1. The van der Waals surface area contributed by atoms with E-state index in [1.54, 1.807) is 7.05 Å². The van der Waals surface area contributed by atoms with Crippen LogP contribution in [0.2, 0.25) is 5.02 Å². The molecule has 0 radical (unpaired) electrons. The summed E-state index contributed by atoms with van der Waals surface area (Å²) >= 11 is 5.76. The van der Waals surface area contributed by atoms with Crippen molar-refractivity contribution in [2.24, 2.45) is 5.14 Å². The second-order valence-electron chi connectivity index (χ2n) is 4.45. The van der Waals surface area contributed by atoms with Gasteiger partial charge < -0.3 is 10.0 Å². The van der Waals surface area contributed by atoms with Crippen molar-refractivity contribution in [2.75, 3.05) is 7.05 Å². The van der Waals surface area contributed by atoms with E-state index in [9.17, 15) is 18.3 Å². The first-order valence-corrected chi connectivity index (χ1v) is 7.45. The van der Waals surface area contributed by atoms with E-state index in [2.05, 4.69) is 0 Å². The van der Waals surface area contributed by atoms with Crippen LogP contribution in [-0.4, -0.2) is 31.4 Å². The fourth-order valence-corrected chi connectivity index (χ4v) is 3.31. The van der Waals surface area contributed by atoms with Gasteiger partial charge in [0.2, 0.25) is 15.9 Å². The summed E-state index contributed by atoms with van der Waals surface area (Å²) < 4.78 is 22.8. The van der Waals surface area contributed by atoms with Crippen molar-refractivity contribution in [3.8, 4) is 5.75 Å². The molecule has 8 heteroatoms. The highest BCUT2D eigenvalue weighted by atomic mass is 35.5. The number of hydrogen-bond donors (Lipinski definition) is 2. The predicted molar refractivity (Wildman–Crippen MR) is 69.2 cm³/mol. The third-order valence-electron chi connectivity index (χ3n) is 3.24. The molecule has 0 aliphatic carbocycles. The number of benzene rings is 1. The fraction of sp³-hybridized carbons (Fsp3) is 0.364. The summed E-state index contributed by atoms with van der Waals surface area (Å²) in [6.45, 7) is 0. The largest absolute Gasteiger partial charge is 0.508 e. The molecule has 0 spiro atoms. The molecule has 0 aromatic heterocycles. The Morgan fingerprint density at radius 2 is 2.11 bits per heavy atom. The molecule has 1 saturated heterocycles. The number of aromatic hydroxyl groups is 1. The first kappa shape index (κ1) is 14.1. The van der Waals surface area contributed by atoms with E-state index < -0.39 is 10.0 Å². The smallest absolute Gasteiger partial charge is 0.239 e. The van der Waals surface area contributed by atoms with E-state index in [0.29, 0.717) is 18.4 Å². The summed E-state index contributed by atoms with van der Waals surface area (Å²) in [5, 5.41) is 14.8. The summed E-state index contributed by atoms with van der Waals surface area (Å²) in [6, 6.07) is 1.99. The maximum atomic E-state index is 11.5. The van der Waals surface area contributed by atoms with E-state index >= 15 is 0 Å². The summed E-state index contributed by atoms with van der Waals surface area (Å²) in [7, 11) is -2.38. The van der Waals surface area contributed by atoms with Gasteiger partial charge in [-0.1, -0.05) is 11.6 Å². The van der Waals surface area contributed by atoms with Crippen molar-refractivity contribution >= 4 is 27.5 Å². The number of nitrogens with two attached hydrogens (primary N) is 1. The maximum absolute atomic E-state index is 11.5. The van der Waals surface area contributed by atoms with Crippen LogP contribution in [0, 0.1) is 0 Å². The lowest BCUT2D eigenvalue weighted by Gasteiger charge is -2.21. The minimum atomic E-state index is -3.98. The van der Waals surface area contributed by atoms with Gasteiger partial charge in [-0.25, -0.2) is 13.6 Å². The van der Waals surface area contributed by atoms with Crippen LogP contribution >= 0.6 is 11.6 Å². The molecule has 104 valence electrons. The molecule has 1 aliphatic rings. The highest BCUT2D eigenvalue weighted by molar-refractivity contribution is 7.89. The zero-order chi connectivity index (χ0) is 14.4. The maximum Gasteiger partial charge on any atom is 0.239 e. The van der Waals surface area contributed by atoms with Gasteiger partial charge >= 0.3 is 0 Å². The van der Waals surface area contributed by atoms with Gasteiger partial charge in [0.1, 0.15) is 10.6 Å². The molecule has 1 heterocycles. The Labute approximate surface area is 115 Å². The molecule has 6 nitrogen and oxygen atoms in total. The highest BCUT2D eigenvalue weighted by Crippen LogP contribution is 2.39. The Morgan fingerprint density at radius 1 is 1.47 bits per heavy atom. The molecule has 1 aromatic carbocycles. The summed E-state index contributed by atoms with van der Waals surface area (Å²) in [4.78, 5) is 12.7. The predicted octanol–water partition coefficient (Wildman–Crippen LogP) is 0.986. The minimum absolute atomic E-state index is 0.0588. The van der Waals surface area contributed by atoms with Crippen molar-refractivity contribution < 1.29 is 18.3 Å². The van der Waals surface area contributed by atoms with Crippen molar-refractivity contribution in [3.63, 3.8) is 0 Å².